The van der Waals surface area contributed by atoms with E-state index in [9.17, 15) is 4.79 Å². The largest absolute Gasteiger partial charge is 0.343 e. The van der Waals surface area contributed by atoms with E-state index in [2.05, 4.69) is 49.8 Å². The summed E-state index contributed by atoms with van der Waals surface area (Å²) in [7, 11) is 8.39. The molecule has 0 aliphatic carbocycles. The Bertz CT molecular complexity index is 305. The lowest BCUT2D eigenvalue weighted by atomic mass is 10.1. The van der Waals surface area contributed by atoms with Crippen molar-refractivity contribution in [2.24, 2.45) is 0 Å². The van der Waals surface area contributed by atoms with Crippen molar-refractivity contribution in [3.05, 3.63) is 0 Å². The van der Waals surface area contributed by atoms with Crippen LogP contribution >= 0.6 is 0 Å². The lowest BCUT2D eigenvalue weighted by molar-refractivity contribution is -0.131. The van der Waals surface area contributed by atoms with E-state index in [1.54, 1.807) is 0 Å². The molecular formula is C22H47N3O. The van der Waals surface area contributed by atoms with Gasteiger partial charge in [0.1, 0.15) is 0 Å². The molecule has 0 aromatic carbocycles. The second kappa shape index (κ2) is 17.8. The molecule has 156 valence electrons. The molecule has 0 unspecified atom stereocenters. The maximum Gasteiger partial charge on any atom is 0.222 e. The van der Waals surface area contributed by atoms with E-state index < -0.39 is 0 Å². The molecule has 0 radical (unpaired) electrons. The van der Waals surface area contributed by atoms with Crippen LogP contribution in [0.4, 0.5) is 0 Å². The Balaban J connectivity index is 3.92. The van der Waals surface area contributed by atoms with Crippen molar-refractivity contribution < 1.29 is 4.79 Å². The number of hydrogen-bond acceptors (Lipinski definition) is 3. The molecule has 0 aromatic heterocycles. The maximum absolute atomic E-state index is 12.6. The minimum Gasteiger partial charge on any atom is -0.343 e. The molecule has 26 heavy (non-hydrogen) atoms. The van der Waals surface area contributed by atoms with Crippen molar-refractivity contribution in [1.29, 1.82) is 0 Å². The van der Waals surface area contributed by atoms with E-state index in [-0.39, 0.29) is 0 Å². The van der Waals surface area contributed by atoms with Gasteiger partial charge < -0.3 is 14.7 Å². The quantitative estimate of drug-likeness (QED) is 0.329. The lowest BCUT2D eigenvalue weighted by Gasteiger charge is -2.24. The fourth-order valence-electron chi connectivity index (χ4n) is 3.26. The topological polar surface area (TPSA) is 26.8 Å². The number of carbonyl (C=O) groups excluding carboxylic acids is 1. The lowest BCUT2D eigenvalue weighted by Crippen LogP contribution is -2.35. The van der Waals surface area contributed by atoms with Crippen LogP contribution in [0.15, 0.2) is 0 Å². The Morgan fingerprint density at radius 3 is 1.42 bits per heavy atom. The molecule has 0 heterocycles. The molecule has 0 rings (SSSR count). The predicted molar refractivity (Wildman–Crippen MR) is 115 cm³/mol. The Labute approximate surface area is 164 Å². The first kappa shape index (κ1) is 25.4. The average molecular weight is 370 g/mol. The van der Waals surface area contributed by atoms with Crippen molar-refractivity contribution in [3.8, 4) is 0 Å². The van der Waals surface area contributed by atoms with Gasteiger partial charge in [0, 0.05) is 19.5 Å². The smallest absolute Gasteiger partial charge is 0.222 e. The minimum absolute atomic E-state index is 0.366. The highest BCUT2D eigenvalue weighted by atomic mass is 16.2. The van der Waals surface area contributed by atoms with E-state index in [0.717, 1.165) is 51.9 Å². The van der Waals surface area contributed by atoms with Gasteiger partial charge in [-0.1, -0.05) is 58.3 Å². The number of nitrogens with zero attached hydrogens (tertiary/aromatic N) is 3. The number of hydrogen-bond donors (Lipinski definition) is 0. The number of rotatable bonds is 18. The fraction of sp³-hybridized carbons (Fsp3) is 0.955. The zero-order valence-corrected chi connectivity index (χ0v) is 18.6. The van der Waals surface area contributed by atoms with Crippen LogP contribution in [0.5, 0.6) is 0 Å². The summed E-state index contributed by atoms with van der Waals surface area (Å²) in [5.74, 6) is 0.366. The van der Waals surface area contributed by atoms with Crippen LogP contribution in [-0.4, -0.2) is 75.0 Å². The summed E-state index contributed by atoms with van der Waals surface area (Å²) in [4.78, 5) is 19.1. The van der Waals surface area contributed by atoms with Gasteiger partial charge in [0.05, 0.1) is 0 Å². The molecule has 0 atom stereocenters. The molecule has 0 aliphatic heterocycles. The molecule has 0 fully saturated rings. The second-order valence-electron chi connectivity index (χ2n) is 8.27. The van der Waals surface area contributed by atoms with E-state index in [0.29, 0.717) is 5.91 Å². The van der Waals surface area contributed by atoms with Gasteiger partial charge in [0.25, 0.3) is 0 Å². The van der Waals surface area contributed by atoms with Crippen LogP contribution in [0.1, 0.15) is 84.0 Å². The van der Waals surface area contributed by atoms with E-state index in [1.807, 2.05) is 0 Å². The molecule has 1 amide bonds. The molecule has 0 spiro atoms. The van der Waals surface area contributed by atoms with Crippen LogP contribution in [0.3, 0.4) is 0 Å². The summed E-state index contributed by atoms with van der Waals surface area (Å²) in [5, 5.41) is 0. The SMILES string of the molecule is CCCCCCCCCCCC(=O)N(CCCN(C)C)CCCN(C)C. The van der Waals surface area contributed by atoms with Crippen LogP contribution in [0, 0.1) is 0 Å². The Hall–Kier alpha value is -0.610. The van der Waals surface area contributed by atoms with Crippen molar-refractivity contribution in [2.45, 2.75) is 84.0 Å². The van der Waals surface area contributed by atoms with E-state index in [1.165, 1.54) is 51.4 Å². The Morgan fingerprint density at radius 1 is 0.577 bits per heavy atom. The zero-order valence-electron chi connectivity index (χ0n) is 18.6. The predicted octanol–water partition coefficient (Wildman–Crippen LogP) is 4.64. The number of carbonyl (C=O) groups is 1. The third-order valence-electron chi connectivity index (χ3n) is 4.91. The van der Waals surface area contributed by atoms with Crippen LogP contribution in [0.2, 0.25) is 0 Å². The Kier molecular flexibility index (Phi) is 17.4. The highest BCUT2D eigenvalue weighted by molar-refractivity contribution is 5.76. The molecule has 0 N–H and O–H groups in total. The first-order chi connectivity index (χ1) is 12.5. The second-order valence-corrected chi connectivity index (χ2v) is 8.27. The first-order valence-electron chi connectivity index (χ1n) is 11.0. The Morgan fingerprint density at radius 2 is 1.00 bits per heavy atom. The molecular weight excluding hydrogens is 322 g/mol. The average Bonchev–Trinajstić information content (AvgIpc) is 2.58. The molecule has 0 saturated heterocycles. The van der Waals surface area contributed by atoms with Gasteiger partial charge in [-0.2, -0.15) is 0 Å². The van der Waals surface area contributed by atoms with E-state index in [4.69, 9.17) is 0 Å². The van der Waals surface area contributed by atoms with Crippen molar-refractivity contribution in [2.75, 3.05) is 54.4 Å². The van der Waals surface area contributed by atoms with Crippen molar-refractivity contribution >= 4 is 5.91 Å². The van der Waals surface area contributed by atoms with Gasteiger partial charge in [-0.25, -0.2) is 0 Å². The molecule has 4 heteroatoms. The molecule has 4 nitrogen and oxygen atoms in total. The minimum atomic E-state index is 0.366. The molecule has 0 bridgehead atoms. The standard InChI is InChI=1S/C22H47N3O/c1-6-7-8-9-10-11-12-13-14-17-22(26)25(20-15-18-23(2)3)21-16-19-24(4)5/h6-21H2,1-5H3. The van der Waals surface area contributed by atoms with Gasteiger partial charge in [-0.15, -0.1) is 0 Å². The summed E-state index contributed by atoms with van der Waals surface area (Å²) < 4.78 is 0. The van der Waals surface area contributed by atoms with Crippen molar-refractivity contribution in [3.63, 3.8) is 0 Å². The van der Waals surface area contributed by atoms with Gasteiger partial charge in [-0.05, 0) is 60.5 Å². The first-order valence-corrected chi connectivity index (χ1v) is 11.0. The normalized spacial score (nSPS) is 11.5. The maximum atomic E-state index is 12.6. The van der Waals surface area contributed by atoms with E-state index >= 15 is 0 Å². The summed E-state index contributed by atoms with van der Waals surface area (Å²) in [5.41, 5.74) is 0. The third kappa shape index (κ3) is 16.8. The summed E-state index contributed by atoms with van der Waals surface area (Å²) in [6, 6.07) is 0. The summed E-state index contributed by atoms with van der Waals surface area (Å²) >= 11 is 0. The summed E-state index contributed by atoms with van der Waals surface area (Å²) in [6.07, 6.45) is 14.6. The molecule has 0 saturated carbocycles. The number of unbranched alkanes of at least 4 members (excludes halogenated alkanes) is 8. The third-order valence-corrected chi connectivity index (χ3v) is 4.91. The van der Waals surface area contributed by atoms with Crippen LogP contribution in [-0.2, 0) is 4.79 Å². The monoisotopic (exact) mass is 369 g/mol. The highest BCUT2D eigenvalue weighted by Crippen LogP contribution is 2.11. The van der Waals surface area contributed by atoms with Gasteiger partial charge in [0.2, 0.25) is 5.91 Å². The van der Waals surface area contributed by atoms with Crippen LogP contribution in [0.25, 0.3) is 0 Å². The zero-order chi connectivity index (χ0) is 19.6. The molecule has 0 aliphatic rings. The highest BCUT2D eigenvalue weighted by Gasteiger charge is 2.12. The van der Waals surface area contributed by atoms with Crippen molar-refractivity contribution in [1.82, 2.24) is 14.7 Å². The molecule has 0 aromatic rings. The van der Waals surface area contributed by atoms with Crippen LogP contribution < -0.4 is 0 Å². The van der Waals surface area contributed by atoms with Gasteiger partial charge in [0.15, 0.2) is 0 Å². The van der Waals surface area contributed by atoms with Gasteiger partial charge in [-0.3, -0.25) is 4.79 Å². The van der Waals surface area contributed by atoms with Gasteiger partial charge >= 0.3 is 0 Å². The number of amides is 1. The summed E-state index contributed by atoms with van der Waals surface area (Å²) in [6.45, 7) is 6.18. The fourth-order valence-corrected chi connectivity index (χ4v) is 3.26.